The van der Waals surface area contributed by atoms with Crippen LogP contribution in [0.5, 0.6) is 0 Å². The molecule has 29 heavy (non-hydrogen) atoms. The molecule has 2 atom stereocenters. The summed E-state index contributed by atoms with van der Waals surface area (Å²) in [4.78, 5) is 36.6. The second-order valence-electron chi connectivity index (χ2n) is 6.57. The number of nitrogens with one attached hydrogen (secondary N) is 1. The van der Waals surface area contributed by atoms with E-state index in [2.05, 4.69) is 5.32 Å². The summed E-state index contributed by atoms with van der Waals surface area (Å²) in [5.74, 6) is -2.05. The third-order valence-electron chi connectivity index (χ3n) is 4.65. The van der Waals surface area contributed by atoms with Gasteiger partial charge in [-0.05, 0) is 18.9 Å². The van der Waals surface area contributed by atoms with Crippen molar-refractivity contribution in [2.75, 3.05) is 20.3 Å². The number of para-hydroxylation sites is 1. The summed E-state index contributed by atoms with van der Waals surface area (Å²) in [5.41, 5.74) is 1.10. The summed E-state index contributed by atoms with van der Waals surface area (Å²) < 4.78 is 20.9. The van der Waals surface area contributed by atoms with Gasteiger partial charge in [0.25, 0.3) is 5.91 Å². The molecule has 0 aliphatic carbocycles. The lowest BCUT2D eigenvalue weighted by Gasteiger charge is -2.21. The molecule has 0 spiro atoms. The van der Waals surface area contributed by atoms with E-state index in [1.165, 1.54) is 7.11 Å². The summed E-state index contributed by atoms with van der Waals surface area (Å²) >= 11 is 0. The SMILES string of the molecule is CCOCc1c(C(=O)OCC(=O)N[C@@H](C(=O)OC)[C@@H](C)CC)oc2ccccc12. The number of carbonyl (C=O) groups excluding carboxylic acids is 3. The molecule has 1 aromatic heterocycles. The van der Waals surface area contributed by atoms with Crippen LogP contribution in [0.15, 0.2) is 28.7 Å². The zero-order valence-corrected chi connectivity index (χ0v) is 17.2. The number of furan rings is 1. The van der Waals surface area contributed by atoms with Crippen LogP contribution in [0.1, 0.15) is 43.3 Å². The molecule has 0 radical (unpaired) electrons. The summed E-state index contributed by atoms with van der Waals surface area (Å²) in [5, 5.41) is 3.30. The van der Waals surface area contributed by atoms with E-state index in [4.69, 9.17) is 18.6 Å². The fourth-order valence-corrected chi connectivity index (χ4v) is 2.82. The fraction of sp³-hybridized carbons (Fsp3) is 0.476. The maximum atomic E-state index is 12.5. The molecule has 1 aromatic carbocycles. The highest BCUT2D eigenvalue weighted by molar-refractivity contribution is 5.97. The minimum Gasteiger partial charge on any atom is -0.467 e. The molecule has 0 aliphatic rings. The van der Waals surface area contributed by atoms with Crippen LogP contribution in [-0.4, -0.2) is 44.2 Å². The predicted molar refractivity (Wildman–Crippen MR) is 105 cm³/mol. The zero-order valence-electron chi connectivity index (χ0n) is 17.2. The van der Waals surface area contributed by atoms with Crippen LogP contribution in [0, 0.1) is 5.92 Å². The first-order valence-electron chi connectivity index (χ1n) is 9.55. The van der Waals surface area contributed by atoms with Gasteiger partial charge in [0.05, 0.1) is 13.7 Å². The number of amides is 1. The Morgan fingerprint density at radius 3 is 2.55 bits per heavy atom. The van der Waals surface area contributed by atoms with Gasteiger partial charge in [0.1, 0.15) is 11.6 Å². The van der Waals surface area contributed by atoms with Gasteiger partial charge >= 0.3 is 11.9 Å². The number of ether oxygens (including phenoxy) is 3. The maximum absolute atomic E-state index is 12.5. The minimum absolute atomic E-state index is 0.00102. The van der Waals surface area contributed by atoms with Crippen molar-refractivity contribution in [3.8, 4) is 0 Å². The van der Waals surface area contributed by atoms with Gasteiger partial charge in [0.2, 0.25) is 5.76 Å². The van der Waals surface area contributed by atoms with Crippen molar-refractivity contribution in [1.82, 2.24) is 5.32 Å². The van der Waals surface area contributed by atoms with Gasteiger partial charge < -0.3 is 23.9 Å². The van der Waals surface area contributed by atoms with Crippen LogP contribution in [-0.2, 0) is 30.4 Å². The van der Waals surface area contributed by atoms with Gasteiger partial charge in [0.15, 0.2) is 6.61 Å². The van der Waals surface area contributed by atoms with Gasteiger partial charge in [-0.25, -0.2) is 9.59 Å². The molecule has 8 nitrogen and oxygen atoms in total. The monoisotopic (exact) mass is 405 g/mol. The number of hydrogen-bond donors (Lipinski definition) is 1. The van der Waals surface area contributed by atoms with Gasteiger partial charge in [-0.15, -0.1) is 0 Å². The summed E-state index contributed by atoms with van der Waals surface area (Å²) in [6.45, 7) is 5.67. The number of methoxy groups -OCH3 is 1. The van der Waals surface area contributed by atoms with E-state index in [9.17, 15) is 14.4 Å². The van der Waals surface area contributed by atoms with E-state index in [1.54, 1.807) is 12.1 Å². The Bertz CT molecular complexity index is 858. The smallest absolute Gasteiger partial charge is 0.375 e. The number of carbonyl (C=O) groups is 3. The van der Waals surface area contributed by atoms with Crippen molar-refractivity contribution in [3.63, 3.8) is 0 Å². The number of esters is 2. The zero-order chi connectivity index (χ0) is 21.4. The molecular weight excluding hydrogens is 378 g/mol. The maximum Gasteiger partial charge on any atom is 0.375 e. The van der Waals surface area contributed by atoms with Crippen molar-refractivity contribution >= 4 is 28.8 Å². The molecule has 0 bridgehead atoms. The molecule has 2 aromatic rings. The Morgan fingerprint density at radius 1 is 1.17 bits per heavy atom. The van der Waals surface area contributed by atoms with E-state index in [-0.39, 0.29) is 18.3 Å². The molecule has 1 N–H and O–H groups in total. The van der Waals surface area contributed by atoms with Crippen LogP contribution in [0.2, 0.25) is 0 Å². The number of benzene rings is 1. The van der Waals surface area contributed by atoms with Crippen molar-refractivity contribution < 1.29 is 33.0 Å². The first-order valence-corrected chi connectivity index (χ1v) is 9.55. The third-order valence-corrected chi connectivity index (χ3v) is 4.65. The molecule has 158 valence electrons. The highest BCUT2D eigenvalue weighted by Crippen LogP contribution is 2.27. The van der Waals surface area contributed by atoms with Crippen LogP contribution >= 0.6 is 0 Å². The Balaban J connectivity index is 2.08. The first-order chi connectivity index (χ1) is 13.9. The largest absolute Gasteiger partial charge is 0.467 e. The second-order valence-corrected chi connectivity index (χ2v) is 6.57. The predicted octanol–water partition coefficient (Wildman–Crippen LogP) is 2.83. The minimum atomic E-state index is -0.809. The average molecular weight is 405 g/mol. The van der Waals surface area contributed by atoms with Crippen LogP contribution in [0.3, 0.4) is 0 Å². The second kappa shape index (κ2) is 10.6. The standard InChI is InChI=1S/C21H27NO7/c1-5-13(3)18(20(24)26-4)22-17(23)12-28-21(25)19-15(11-27-6-2)14-9-7-8-10-16(14)29-19/h7-10,13,18H,5-6,11-12H2,1-4H3,(H,22,23)/t13-,18+/m0/s1. The summed E-state index contributed by atoms with van der Waals surface area (Å²) in [7, 11) is 1.26. The topological polar surface area (TPSA) is 104 Å². The lowest BCUT2D eigenvalue weighted by molar-refractivity contribution is -0.147. The van der Waals surface area contributed by atoms with Crippen molar-refractivity contribution in [1.29, 1.82) is 0 Å². The molecule has 2 rings (SSSR count). The number of hydrogen-bond acceptors (Lipinski definition) is 7. The molecule has 0 fully saturated rings. The van der Waals surface area contributed by atoms with Gasteiger partial charge in [-0.3, -0.25) is 4.79 Å². The summed E-state index contributed by atoms with van der Waals surface area (Å²) in [6, 6.07) is 6.37. The lowest BCUT2D eigenvalue weighted by atomic mass is 9.99. The highest BCUT2D eigenvalue weighted by atomic mass is 16.6. The Labute approximate surface area is 169 Å². The Kier molecular flexibility index (Phi) is 8.21. The summed E-state index contributed by atoms with van der Waals surface area (Å²) in [6.07, 6.45) is 0.666. The molecule has 1 heterocycles. The first kappa shape index (κ1) is 22.4. The highest BCUT2D eigenvalue weighted by Gasteiger charge is 2.28. The van der Waals surface area contributed by atoms with E-state index in [0.29, 0.717) is 24.2 Å². The van der Waals surface area contributed by atoms with Gasteiger partial charge in [0, 0.05) is 17.6 Å². The van der Waals surface area contributed by atoms with E-state index < -0.39 is 30.5 Å². The normalized spacial score (nSPS) is 13.0. The molecule has 0 aliphatic heterocycles. The molecule has 0 saturated heterocycles. The molecule has 0 saturated carbocycles. The van der Waals surface area contributed by atoms with Crippen molar-refractivity contribution in [3.05, 3.63) is 35.6 Å². The molecule has 0 unspecified atom stereocenters. The van der Waals surface area contributed by atoms with Crippen LogP contribution in [0.4, 0.5) is 0 Å². The van der Waals surface area contributed by atoms with Gasteiger partial charge in [-0.2, -0.15) is 0 Å². The van der Waals surface area contributed by atoms with E-state index >= 15 is 0 Å². The van der Waals surface area contributed by atoms with E-state index in [0.717, 1.165) is 5.39 Å². The quantitative estimate of drug-likeness (QED) is 0.606. The number of rotatable bonds is 10. The van der Waals surface area contributed by atoms with Crippen LogP contribution < -0.4 is 5.32 Å². The lowest BCUT2D eigenvalue weighted by Crippen LogP contribution is -2.47. The van der Waals surface area contributed by atoms with Crippen LogP contribution in [0.25, 0.3) is 11.0 Å². The number of fused-ring (bicyclic) bond motifs is 1. The molecule has 8 heteroatoms. The Morgan fingerprint density at radius 2 is 1.90 bits per heavy atom. The molecular formula is C21H27NO7. The van der Waals surface area contributed by atoms with Crippen molar-refractivity contribution in [2.24, 2.45) is 5.92 Å². The third kappa shape index (κ3) is 5.57. The molecule has 1 amide bonds. The van der Waals surface area contributed by atoms with Gasteiger partial charge in [-0.1, -0.05) is 38.5 Å². The fourth-order valence-electron chi connectivity index (χ4n) is 2.82. The Hall–Kier alpha value is -2.87. The average Bonchev–Trinajstić information content (AvgIpc) is 3.11. The van der Waals surface area contributed by atoms with Crippen molar-refractivity contribution in [2.45, 2.75) is 39.8 Å². The van der Waals surface area contributed by atoms with E-state index in [1.807, 2.05) is 32.9 Å².